The zero-order valence-electron chi connectivity index (χ0n) is 10.2. The van der Waals surface area contributed by atoms with Crippen molar-refractivity contribution in [3.63, 3.8) is 0 Å². The summed E-state index contributed by atoms with van der Waals surface area (Å²) in [7, 11) is 1.16. The molecule has 0 bridgehead atoms. The van der Waals surface area contributed by atoms with E-state index in [0.717, 1.165) is 13.2 Å². The van der Waals surface area contributed by atoms with Gasteiger partial charge in [0.15, 0.2) is 0 Å². The number of carbonyl (C=O) groups excluding carboxylic acids is 2. The van der Waals surface area contributed by atoms with E-state index in [9.17, 15) is 14.0 Å². The van der Waals surface area contributed by atoms with E-state index in [0.29, 0.717) is 12.2 Å². The van der Waals surface area contributed by atoms with Gasteiger partial charge in [0, 0.05) is 5.69 Å². The van der Waals surface area contributed by atoms with Crippen LogP contribution in [0.25, 0.3) is 0 Å². The van der Waals surface area contributed by atoms with Gasteiger partial charge in [-0.1, -0.05) is 6.92 Å². The van der Waals surface area contributed by atoms with E-state index in [-0.39, 0.29) is 18.0 Å². The van der Waals surface area contributed by atoms with Gasteiger partial charge in [0.25, 0.3) is 0 Å². The highest BCUT2D eigenvalue weighted by Gasteiger charge is 2.13. The van der Waals surface area contributed by atoms with Gasteiger partial charge in [0.05, 0.1) is 19.2 Å². The highest BCUT2D eigenvalue weighted by molar-refractivity contribution is 5.95. The molecule has 1 aromatic carbocycles. The Hall–Kier alpha value is -1.95. The van der Waals surface area contributed by atoms with Crippen LogP contribution in [-0.4, -0.2) is 32.1 Å². The Morgan fingerprint density at radius 3 is 2.72 bits per heavy atom. The van der Waals surface area contributed by atoms with Crippen LogP contribution in [0.3, 0.4) is 0 Å². The molecule has 0 saturated heterocycles. The molecular weight excluding hydrogens is 239 g/mol. The fraction of sp³-hybridized carbons (Fsp3) is 0.333. The molecule has 0 aromatic heterocycles. The molecule has 1 amide bonds. The Bertz CT molecular complexity index is 449. The van der Waals surface area contributed by atoms with Crippen LogP contribution < -0.4 is 10.6 Å². The average Bonchev–Trinajstić information content (AvgIpc) is 2.37. The molecule has 5 nitrogen and oxygen atoms in total. The van der Waals surface area contributed by atoms with Gasteiger partial charge in [-0.15, -0.1) is 0 Å². The quantitative estimate of drug-likeness (QED) is 0.774. The van der Waals surface area contributed by atoms with E-state index in [1.807, 2.05) is 6.92 Å². The van der Waals surface area contributed by atoms with Crippen LogP contribution in [0.1, 0.15) is 17.3 Å². The van der Waals surface area contributed by atoms with Crippen molar-refractivity contribution >= 4 is 17.6 Å². The molecule has 0 aliphatic rings. The molecule has 98 valence electrons. The molecule has 0 fully saturated rings. The molecule has 0 saturated carbocycles. The number of halogens is 1. The standard InChI is InChI=1S/C12H15FN2O3/c1-3-14-7-11(16)15-8-4-5-10(13)9(6-8)12(17)18-2/h4-6,14H,3,7H2,1-2H3,(H,15,16). The largest absolute Gasteiger partial charge is 0.465 e. The molecule has 18 heavy (non-hydrogen) atoms. The SMILES string of the molecule is CCNCC(=O)Nc1ccc(F)c(C(=O)OC)c1. The smallest absolute Gasteiger partial charge is 0.340 e. The normalized spacial score (nSPS) is 9.94. The number of esters is 1. The lowest BCUT2D eigenvalue weighted by molar-refractivity contribution is -0.115. The van der Waals surface area contributed by atoms with Crippen LogP contribution >= 0.6 is 0 Å². The second kappa shape index (κ2) is 6.70. The number of hydrogen-bond donors (Lipinski definition) is 2. The maximum absolute atomic E-state index is 13.3. The first-order valence-electron chi connectivity index (χ1n) is 5.47. The van der Waals surface area contributed by atoms with Gasteiger partial charge >= 0.3 is 5.97 Å². The Morgan fingerprint density at radius 1 is 1.39 bits per heavy atom. The van der Waals surface area contributed by atoms with E-state index >= 15 is 0 Å². The average molecular weight is 254 g/mol. The third-order valence-electron chi connectivity index (χ3n) is 2.19. The summed E-state index contributed by atoms with van der Waals surface area (Å²) in [4.78, 5) is 22.7. The van der Waals surface area contributed by atoms with Crippen LogP contribution in [0.5, 0.6) is 0 Å². The second-order valence-electron chi connectivity index (χ2n) is 3.51. The van der Waals surface area contributed by atoms with Crippen molar-refractivity contribution in [2.75, 3.05) is 25.5 Å². The van der Waals surface area contributed by atoms with Gasteiger partial charge in [-0.3, -0.25) is 4.79 Å². The Morgan fingerprint density at radius 2 is 2.11 bits per heavy atom. The second-order valence-corrected chi connectivity index (χ2v) is 3.51. The first kappa shape index (κ1) is 14.1. The Balaban J connectivity index is 2.79. The Kier molecular flexibility index (Phi) is 5.26. The summed E-state index contributed by atoms with van der Waals surface area (Å²) in [5, 5.41) is 5.40. The number of benzene rings is 1. The first-order valence-corrected chi connectivity index (χ1v) is 5.47. The van der Waals surface area contributed by atoms with Crippen LogP contribution in [0.4, 0.5) is 10.1 Å². The molecule has 0 heterocycles. The van der Waals surface area contributed by atoms with Gasteiger partial charge in [0.1, 0.15) is 5.82 Å². The molecule has 0 aliphatic heterocycles. The molecule has 6 heteroatoms. The number of ether oxygens (including phenoxy) is 1. The fourth-order valence-corrected chi connectivity index (χ4v) is 1.31. The van der Waals surface area contributed by atoms with Gasteiger partial charge in [-0.2, -0.15) is 0 Å². The number of amides is 1. The van der Waals surface area contributed by atoms with E-state index in [4.69, 9.17) is 0 Å². The van der Waals surface area contributed by atoms with Gasteiger partial charge < -0.3 is 15.4 Å². The lowest BCUT2D eigenvalue weighted by Crippen LogP contribution is -2.27. The van der Waals surface area contributed by atoms with Crippen molar-refractivity contribution in [3.05, 3.63) is 29.6 Å². The molecule has 0 aliphatic carbocycles. The summed E-state index contributed by atoms with van der Waals surface area (Å²) >= 11 is 0. The maximum Gasteiger partial charge on any atom is 0.340 e. The van der Waals surface area contributed by atoms with Crippen LogP contribution in [0, 0.1) is 5.82 Å². The van der Waals surface area contributed by atoms with Crippen LogP contribution in [0.2, 0.25) is 0 Å². The van der Waals surface area contributed by atoms with E-state index in [1.54, 1.807) is 0 Å². The summed E-state index contributed by atoms with van der Waals surface area (Å²) in [5.74, 6) is -1.74. The zero-order chi connectivity index (χ0) is 13.5. The topological polar surface area (TPSA) is 67.4 Å². The number of carbonyl (C=O) groups is 2. The number of nitrogens with one attached hydrogen (secondary N) is 2. The maximum atomic E-state index is 13.3. The Labute approximate surface area is 104 Å². The van der Waals surface area contributed by atoms with Gasteiger partial charge in [-0.25, -0.2) is 9.18 Å². The van der Waals surface area contributed by atoms with Crippen LogP contribution in [0.15, 0.2) is 18.2 Å². The summed E-state index contributed by atoms with van der Waals surface area (Å²) in [6.45, 7) is 2.70. The first-order chi connectivity index (χ1) is 8.58. The van der Waals surface area contributed by atoms with Gasteiger partial charge in [0.2, 0.25) is 5.91 Å². The number of anilines is 1. The molecule has 1 rings (SSSR count). The highest BCUT2D eigenvalue weighted by atomic mass is 19.1. The van der Waals surface area contributed by atoms with Crippen LogP contribution in [-0.2, 0) is 9.53 Å². The molecule has 0 spiro atoms. The fourth-order valence-electron chi connectivity index (χ4n) is 1.31. The number of hydrogen-bond acceptors (Lipinski definition) is 4. The van der Waals surface area contributed by atoms with Crippen molar-refractivity contribution < 1.29 is 18.7 Å². The zero-order valence-corrected chi connectivity index (χ0v) is 10.2. The van der Waals surface area contributed by atoms with E-state index in [1.165, 1.54) is 12.1 Å². The molecule has 0 unspecified atom stereocenters. The van der Waals surface area contributed by atoms with Crippen molar-refractivity contribution in [3.8, 4) is 0 Å². The molecule has 0 radical (unpaired) electrons. The van der Waals surface area contributed by atoms with Crippen molar-refractivity contribution in [2.24, 2.45) is 0 Å². The monoisotopic (exact) mass is 254 g/mol. The summed E-state index contributed by atoms with van der Waals surface area (Å²) < 4.78 is 17.8. The molecular formula is C12H15FN2O3. The van der Waals surface area contributed by atoms with Crippen molar-refractivity contribution in [1.82, 2.24) is 5.32 Å². The number of rotatable bonds is 5. The minimum absolute atomic E-state index is 0.154. The lowest BCUT2D eigenvalue weighted by atomic mass is 10.2. The van der Waals surface area contributed by atoms with E-state index in [2.05, 4.69) is 15.4 Å². The number of methoxy groups -OCH3 is 1. The van der Waals surface area contributed by atoms with Crippen molar-refractivity contribution in [1.29, 1.82) is 0 Å². The predicted octanol–water partition coefficient (Wildman–Crippen LogP) is 1.16. The van der Waals surface area contributed by atoms with Gasteiger partial charge in [-0.05, 0) is 24.7 Å². The van der Waals surface area contributed by atoms with E-state index < -0.39 is 11.8 Å². The number of likely N-dealkylation sites (N-methyl/N-ethyl adjacent to an activating group) is 1. The summed E-state index contributed by atoms with van der Waals surface area (Å²) in [5.41, 5.74) is 0.137. The minimum Gasteiger partial charge on any atom is -0.465 e. The third kappa shape index (κ3) is 3.81. The molecule has 0 atom stereocenters. The summed E-state index contributed by atoms with van der Waals surface area (Å²) in [6.07, 6.45) is 0. The molecule has 2 N–H and O–H groups in total. The predicted molar refractivity (Wildman–Crippen MR) is 64.9 cm³/mol. The third-order valence-corrected chi connectivity index (χ3v) is 2.19. The summed E-state index contributed by atoms with van der Waals surface area (Å²) in [6, 6.07) is 3.73. The molecule has 1 aromatic rings. The minimum atomic E-state index is -0.782. The highest BCUT2D eigenvalue weighted by Crippen LogP contribution is 2.15. The lowest BCUT2D eigenvalue weighted by Gasteiger charge is -2.07. The van der Waals surface area contributed by atoms with Crippen molar-refractivity contribution in [2.45, 2.75) is 6.92 Å².